The summed E-state index contributed by atoms with van der Waals surface area (Å²) in [6.45, 7) is 0. The van der Waals surface area contributed by atoms with Gasteiger partial charge in [-0.3, -0.25) is 0 Å². The molecule has 4 rings (SSSR count). The molecule has 0 saturated heterocycles. The van der Waals surface area contributed by atoms with Crippen molar-refractivity contribution < 1.29 is 9.84 Å². The number of aromatic amines is 1. The lowest BCUT2D eigenvalue weighted by Gasteiger charge is -2.11. The Hall–Kier alpha value is -2.38. The molecule has 0 spiro atoms. The SMILES string of the molecule is COc1cnc(Cl)cc1-c1cc(C(O)c2ccc(Cl)cc2)c(-c2ncc[nH]2)s1. The third-order valence-electron chi connectivity index (χ3n) is 4.27. The minimum absolute atomic E-state index is 0.364. The van der Waals surface area contributed by atoms with Gasteiger partial charge in [-0.25, -0.2) is 9.97 Å². The first-order chi connectivity index (χ1) is 13.6. The van der Waals surface area contributed by atoms with Gasteiger partial charge >= 0.3 is 0 Å². The highest BCUT2D eigenvalue weighted by molar-refractivity contribution is 7.19. The van der Waals surface area contributed by atoms with Crippen LogP contribution in [-0.2, 0) is 0 Å². The molecule has 5 nitrogen and oxygen atoms in total. The van der Waals surface area contributed by atoms with Crippen molar-refractivity contribution in [2.45, 2.75) is 6.10 Å². The molecule has 1 atom stereocenters. The second kappa shape index (κ2) is 7.93. The summed E-state index contributed by atoms with van der Waals surface area (Å²) >= 11 is 13.6. The monoisotopic (exact) mass is 431 g/mol. The van der Waals surface area contributed by atoms with Crippen LogP contribution in [0.15, 0.2) is 55.0 Å². The topological polar surface area (TPSA) is 71.0 Å². The van der Waals surface area contributed by atoms with Crippen molar-refractivity contribution >= 4 is 34.5 Å². The van der Waals surface area contributed by atoms with Crippen molar-refractivity contribution in [3.63, 3.8) is 0 Å². The van der Waals surface area contributed by atoms with Crippen LogP contribution in [0.25, 0.3) is 21.1 Å². The highest BCUT2D eigenvalue weighted by Gasteiger charge is 2.23. The maximum absolute atomic E-state index is 11.1. The van der Waals surface area contributed by atoms with Crippen molar-refractivity contribution in [3.8, 4) is 26.9 Å². The smallest absolute Gasteiger partial charge is 0.147 e. The number of ether oxygens (including phenoxy) is 1. The number of nitrogens with zero attached hydrogens (tertiary/aromatic N) is 2. The van der Waals surface area contributed by atoms with Gasteiger partial charge in [-0.1, -0.05) is 35.3 Å². The van der Waals surface area contributed by atoms with E-state index in [1.807, 2.05) is 6.07 Å². The lowest BCUT2D eigenvalue weighted by Crippen LogP contribution is -2.00. The summed E-state index contributed by atoms with van der Waals surface area (Å²) in [6.07, 6.45) is 4.17. The molecular formula is C20H15Cl2N3O2S. The van der Waals surface area contributed by atoms with E-state index in [1.165, 1.54) is 11.3 Å². The molecule has 1 aromatic carbocycles. The number of pyridine rings is 1. The van der Waals surface area contributed by atoms with Crippen LogP contribution in [0, 0.1) is 0 Å². The summed E-state index contributed by atoms with van der Waals surface area (Å²) < 4.78 is 5.44. The van der Waals surface area contributed by atoms with Crippen molar-refractivity contribution in [2.75, 3.05) is 7.11 Å². The van der Waals surface area contributed by atoms with E-state index >= 15 is 0 Å². The Morgan fingerprint density at radius 1 is 1.14 bits per heavy atom. The van der Waals surface area contributed by atoms with Crippen LogP contribution in [0.5, 0.6) is 5.75 Å². The number of rotatable bonds is 5. The predicted molar refractivity (Wildman–Crippen MR) is 112 cm³/mol. The van der Waals surface area contributed by atoms with E-state index in [-0.39, 0.29) is 0 Å². The van der Waals surface area contributed by atoms with E-state index in [1.54, 1.807) is 56.0 Å². The summed E-state index contributed by atoms with van der Waals surface area (Å²) in [5.41, 5.74) is 2.27. The number of nitrogens with one attached hydrogen (secondary N) is 1. The normalized spacial score (nSPS) is 12.1. The number of aromatic nitrogens is 3. The second-order valence-electron chi connectivity index (χ2n) is 5.99. The Morgan fingerprint density at radius 2 is 1.93 bits per heavy atom. The van der Waals surface area contributed by atoms with Crippen LogP contribution in [0.2, 0.25) is 10.2 Å². The summed E-state index contributed by atoms with van der Waals surface area (Å²) in [4.78, 5) is 13.3. The van der Waals surface area contributed by atoms with Gasteiger partial charge in [-0.15, -0.1) is 11.3 Å². The van der Waals surface area contributed by atoms with Crippen LogP contribution in [0.1, 0.15) is 17.2 Å². The molecule has 3 aromatic heterocycles. The number of benzene rings is 1. The van der Waals surface area contributed by atoms with Crippen LogP contribution in [0.4, 0.5) is 0 Å². The Balaban J connectivity index is 1.86. The van der Waals surface area contributed by atoms with Gasteiger partial charge in [-0.05, 0) is 29.8 Å². The third kappa shape index (κ3) is 3.64. The predicted octanol–water partition coefficient (Wildman–Crippen LogP) is 5.60. The maximum Gasteiger partial charge on any atom is 0.147 e. The molecule has 1 unspecified atom stereocenters. The zero-order chi connectivity index (χ0) is 19.7. The second-order valence-corrected chi connectivity index (χ2v) is 7.87. The van der Waals surface area contributed by atoms with Gasteiger partial charge in [0.2, 0.25) is 0 Å². The van der Waals surface area contributed by atoms with Crippen molar-refractivity contribution in [1.29, 1.82) is 0 Å². The minimum Gasteiger partial charge on any atom is -0.494 e. The Kier molecular flexibility index (Phi) is 5.37. The third-order valence-corrected chi connectivity index (χ3v) is 5.92. The van der Waals surface area contributed by atoms with Crippen molar-refractivity contribution in [2.24, 2.45) is 0 Å². The fourth-order valence-corrected chi connectivity index (χ4v) is 4.37. The first kappa shape index (κ1) is 19.0. The highest BCUT2D eigenvalue weighted by Crippen LogP contribution is 2.44. The van der Waals surface area contributed by atoms with Gasteiger partial charge in [0, 0.05) is 33.4 Å². The molecule has 2 N–H and O–H groups in total. The Bertz CT molecular complexity index is 1100. The quantitative estimate of drug-likeness (QED) is 0.403. The van der Waals surface area contributed by atoms with Gasteiger partial charge in [0.25, 0.3) is 0 Å². The number of hydrogen-bond acceptors (Lipinski definition) is 5. The zero-order valence-corrected chi connectivity index (χ0v) is 17.0. The van der Waals surface area contributed by atoms with E-state index in [9.17, 15) is 5.11 Å². The number of imidazole rings is 1. The Labute approximate surface area is 175 Å². The average molecular weight is 432 g/mol. The van der Waals surface area contributed by atoms with Crippen molar-refractivity contribution in [1.82, 2.24) is 15.0 Å². The highest BCUT2D eigenvalue weighted by atomic mass is 35.5. The fourth-order valence-electron chi connectivity index (χ4n) is 2.91. The standard InChI is InChI=1S/C20H15Cl2N3O2S/c1-27-15-10-25-17(22)9-13(15)16-8-14(19(28-16)20-23-6-7-24-20)18(26)11-2-4-12(21)5-3-11/h2-10,18,26H,1H3,(H,23,24). The van der Waals surface area contributed by atoms with Gasteiger partial charge in [0.05, 0.1) is 18.2 Å². The molecule has 0 amide bonds. The lowest BCUT2D eigenvalue weighted by molar-refractivity contribution is 0.221. The molecule has 4 aromatic rings. The van der Waals surface area contributed by atoms with Crippen LogP contribution in [0.3, 0.4) is 0 Å². The molecule has 0 bridgehead atoms. The number of hydrogen-bond donors (Lipinski definition) is 2. The molecule has 0 radical (unpaired) electrons. The summed E-state index contributed by atoms with van der Waals surface area (Å²) in [5.74, 6) is 1.28. The first-order valence-electron chi connectivity index (χ1n) is 8.33. The molecule has 142 valence electrons. The number of thiophene rings is 1. The molecule has 3 heterocycles. The average Bonchev–Trinajstić information content (AvgIpc) is 3.37. The molecule has 0 saturated carbocycles. The van der Waals surface area contributed by atoms with Gasteiger partial charge < -0.3 is 14.8 Å². The summed E-state index contributed by atoms with van der Waals surface area (Å²) in [6, 6.07) is 10.8. The molecular weight excluding hydrogens is 417 g/mol. The summed E-state index contributed by atoms with van der Waals surface area (Å²) in [7, 11) is 1.58. The number of methoxy groups -OCH3 is 1. The fraction of sp³-hybridized carbons (Fsp3) is 0.100. The summed E-state index contributed by atoms with van der Waals surface area (Å²) in [5, 5.41) is 12.0. The maximum atomic E-state index is 11.1. The molecule has 0 fully saturated rings. The number of halogens is 2. The van der Waals surface area contributed by atoms with Crippen LogP contribution in [-0.4, -0.2) is 27.2 Å². The Morgan fingerprint density at radius 3 is 2.61 bits per heavy atom. The van der Waals surface area contributed by atoms with E-state index in [2.05, 4.69) is 15.0 Å². The minimum atomic E-state index is -0.842. The van der Waals surface area contributed by atoms with Crippen LogP contribution < -0.4 is 4.74 Å². The van der Waals surface area contributed by atoms with E-state index in [0.29, 0.717) is 21.7 Å². The first-order valence-corrected chi connectivity index (χ1v) is 9.91. The van der Waals surface area contributed by atoms with Crippen LogP contribution >= 0.6 is 34.5 Å². The van der Waals surface area contributed by atoms with E-state index < -0.39 is 6.10 Å². The van der Waals surface area contributed by atoms with E-state index in [0.717, 1.165) is 26.4 Å². The number of aliphatic hydroxyl groups is 1. The molecule has 0 aliphatic carbocycles. The largest absolute Gasteiger partial charge is 0.494 e. The number of H-pyrrole nitrogens is 1. The molecule has 8 heteroatoms. The zero-order valence-electron chi connectivity index (χ0n) is 14.7. The van der Waals surface area contributed by atoms with Crippen molar-refractivity contribution in [3.05, 3.63) is 76.3 Å². The van der Waals surface area contributed by atoms with Gasteiger partial charge in [0.1, 0.15) is 22.8 Å². The van der Waals surface area contributed by atoms with Gasteiger partial charge in [-0.2, -0.15) is 0 Å². The van der Waals surface area contributed by atoms with Gasteiger partial charge in [0.15, 0.2) is 0 Å². The van der Waals surface area contributed by atoms with E-state index in [4.69, 9.17) is 27.9 Å². The number of aliphatic hydroxyl groups excluding tert-OH is 1. The molecule has 0 aliphatic heterocycles. The molecule has 0 aliphatic rings. The lowest BCUT2D eigenvalue weighted by atomic mass is 10.0. The molecule has 28 heavy (non-hydrogen) atoms.